The van der Waals surface area contributed by atoms with E-state index < -0.39 is 0 Å². The topological polar surface area (TPSA) is 68.7 Å². The molecule has 2 aromatic heterocycles. The standard InChI is InChI=1S/C15H18BN5O/c1-8-9(2)19-21(11(8)4)14(7-17)15(22-16)20-12(5)10(3)18-13(20)6/h1-6H3. The molecule has 0 atom stereocenters. The van der Waals surface area contributed by atoms with E-state index in [1.807, 2.05) is 41.5 Å². The molecule has 0 aliphatic heterocycles. The molecule has 0 unspecified atom stereocenters. The molecular formula is C15H18BN5O. The Labute approximate surface area is 131 Å². The highest BCUT2D eigenvalue weighted by Gasteiger charge is 2.20. The van der Waals surface area contributed by atoms with Gasteiger partial charge in [0.25, 0.3) is 0 Å². The van der Waals surface area contributed by atoms with Crippen molar-refractivity contribution in [2.45, 2.75) is 41.5 Å². The number of nitriles is 1. The van der Waals surface area contributed by atoms with Crippen molar-refractivity contribution in [3.05, 3.63) is 34.2 Å². The van der Waals surface area contributed by atoms with E-state index in [1.54, 1.807) is 9.25 Å². The van der Waals surface area contributed by atoms with Gasteiger partial charge in [0, 0.05) is 11.4 Å². The second-order valence-corrected chi connectivity index (χ2v) is 5.26. The minimum atomic E-state index is 0.212. The Morgan fingerprint density at radius 1 is 1.09 bits per heavy atom. The third kappa shape index (κ3) is 2.31. The maximum absolute atomic E-state index is 9.62. The average Bonchev–Trinajstić information content (AvgIpc) is 2.88. The molecule has 7 heteroatoms. The molecule has 22 heavy (non-hydrogen) atoms. The van der Waals surface area contributed by atoms with Crippen molar-refractivity contribution in [3.63, 3.8) is 0 Å². The van der Waals surface area contributed by atoms with Crippen molar-refractivity contribution >= 4 is 19.6 Å². The summed E-state index contributed by atoms with van der Waals surface area (Å²) in [5.41, 5.74) is 4.70. The summed E-state index contributed by atoms with van der Waals surface area (Å²) in [6.45, 7) is 11.4. The van der Waals surface area contributed by atoms with Crippen molar-refractivity contribution in [1.29, 1.82) is 5.26 Å². The van der Waals surface area contributed by atoms with Gasteiger partial charge in [0.15, 0.2) is 0 Å². The number of hydrogen-bond donors (Lipinski definition) is 0. The fourth-order valence-electron chi connectivity index (χ4n) is 2.42. The maximum Gasteiger partial charge on any atom is 0.376 e. The molecule has 0 aliphatic carbocycles. The van der Waals surface area contributed by atoms with Crippen LogP contribution in [0.2, 0.25) is 0 Å². The lowest BCUT2D eigenvalue weighted by atomic mass is 10.2. The summed E-state index contributed by atoms with van der Waals surface area (Å²) in [5.74, 6) is 0.908. The van der Waals surface area contributed by atoms with Crippen LogP contribution in [0.25, 0.3) is 11.6 Å². The molecule has 2 aromatic rings. The van der Waals surface area contributed by atoms with Crippen molar-refractivity contribution in [2.24, 2.45) is 0 Å². The van der Waals surface area contributed by atoms with Gasteiger partial charge in [-0.25, -0.2) is 9.67 Å². The summed E-state index contributed by atoms with van der Waals surface area (Å²) in [4.78, 5) is 4.39. The number of allylic oxidation sites excluding steroid dienone is 1. The highest BCUT2D eigenvalue weighted by molar-refractivity contribution is 6.02. The Hall–Kier alpha value is -2.49. The zero-order valence-corrected chi connectivity index (χ0v) is 13.7. The van der Waals surface area contributed by atoms with Crippen molar-refractivity contribution in [1.82, 2.24) is 19.3 Å². The largest absolute Gasteiger partial charge is 0.554 e. The van der Waals surface area contributed by atoms with Gasteiger partial charge in [-0.1, -0.05) is 0 Å². The molecule has 2 heterocycles. The molecule has 0 bridgehead atoms. The highest BCUT2D eigenvalue weighted by atomic mass is 16.4. The summed E-state index contributed by atoms with van der Waals surface area (Å²) in [7, 11) is 5.46. The summed E-state index contributed by atoms with van der Waals surface area (Å²) in [6.07, 6.45) is 0. The van der Waals surface area contributed by atoms with Crippen LogP contribution in [0.1, 0.15) is 34.2 Å². The minimum absolute atomic E-state index is 0.212. The molecule has 0 fully saturated rings. The summed E-state index contributed by atoms with van der Waals surface area (Å²) in [6, 6.07) is 2.14. The van der Waals surface area contributed by atoms with Crippen LogP contribution >= 0.6 is 0 Å². The first-order chi connectivity index (χ1) is 10.3. The molecule has 6 nitrogen and oxygen atoms in total. The Kier molecular flexibility index (Phi) is 4.13. The van der Waals surface area contributed by atoms with Crippen LogP contribution in [0.4, 0.5) is 0 Å². The molecule has 2 radical (unpaired) electrons. The van der Waals surface area contributed by atoms with Gasteiger partial charge in [-0.05, 0) is 47.1 Å². The predicted octanol–water partition coefficient (Wildman–Crippen LogP) is 2.34. The molecular weight excluding hydrogens is 277 g/mol. The number of hydrogen-bond acceptors (Lipinski definition) is 4. The van der Waals surface area contributed by atoms with Crippen molar-refractivity contribution in [2.75, 3.05) is 0 Å². The molecule has 0 saturated heterocycles. The number of imidazole rings is 1. The number of aromatic nitrogens is 4. The van der Waals surface area contributed by atoms with Gasteiger partial charge in [-0.3, -0.25) is 4.57 Å². The summed E-state index contributed by atoms with van der Waals surface area (Å²) < 4.78 is 8.32. The Balaban J connectivity index is 2.80. The Morgan fingerprint density at radius 3 is 2.09 bits per heavy atom. The van der Waals surface area contributed by atoms with Crippen LogP contribution in [0.15, 0.2) is 0 Å². The average molecular weight is 295 g/mol. The van der Waals surface area contributed by atoms with E-state index in [9.17, 15) is 5.26 Å². The van der Waals surface area contributed by atoms with Gasteiger partial charge in [-0.15, -0.1) is 0 Å². The molecule has 2 rings (SSSR count). The fraction of sp³-hybridized carbons (Fsp3) is 0.400. The minimum Gasteiger partial charge on any atom is -0.554 e. The first kappa shape index (κ1) is 15.9. The lowest BCUT2D eigenvalue weighted by Gasteiger charge is -2.15. The molecule has 0 aliphatic rings. The Morgan fingerprint density at radius 2 is 1.73 bits per heavy atom. The lowest BCUT2D eigenvalue weighted by Crippen LogP contribution is -2.12. The van der Waals surface area contributed by atoms with Crippen LogP contribution in [0.5, 0.6) is 0 Å². The predicted molar refractivity (Wildman–Crippen MR) is 84.7 cm³/mol. The van der Waals surface area contributed by atoms with Gasteiger partial charge < -0.3 is 4.65 Å². The van der Waals surface area contributed by atoms with Gasteiger partial charge in [0.05, 0.1) is 11.4 Å². The first-order valence-corrected chi connectivity index (χ1v) is 6.90. The summed E-state index contributed by atoms with van der Waals surface area (Å²) in [5, 5.41) is 14.0. The van der Waals surface area contributed by atoms with E-state index >= 15 is 0 Å². The van der Waals surface area contributed by atoms with E-state index in [0.29, 0.717) is 5.82 Å². The third-order valence-electron chi connectivity index (χ3n) is 4.00. The second-order valence-electron chi connectivity index (χ2n) is 5.26. The van der Waals surface area contributed by atoms with Crippen molar-refractivity contribution in [3.8, 4) is 6.07 Å². The van der Waals surface area contributed by atoms with E-state index in [0.717, 1.165) is 28.3 Å². The zero-order chi connectivity index (χ0) is 16.6. The monoisotopic (exact) mass is 295 g/mol. The molecule has 112 valence electrons. The SMILES string of the molecule is [B]OC(=C(C#N)n1nc(C)c(C)c1C)n1c(C)nc(C)c1C. The van der Waals surface area contributed by atoms with E-state index in [-0.39, 0.29) is 11.6 Å². The molecule has 0 N–H and O–H groups in total. The number of aryl methyl sites for hydroxylation is 3. The normalized spacial score (nSPS) is 12.0. The molecule has 0 amide bonds. The number of nitrogens with zero attached hydrogens (tertiary/aromatic N) is 5. The molecule has 0 spiro atoms. The molecule has 0 saturated carbocycles. The van der Waals surface area contributed by atoms with Crippen LogP contribution in [-0.4, -0.2) is 27.4 Å². The molecule has 0 aromatic carbocycles. The fourth-order valence-corrected chi connectivity index (χ4v) is 2.42. The van der Waals surface area contributed by atoms with Gasteiger partial charge in [-0.2, -0.15) is 10.4 Å². The Bertz CT molecular complexity index is 807. The summed E-state index contributed by atoms with van der Waals surface area (Å²) >= 11 is 0. The smallest absolute Gasteiger partial charge is 0.376 e. The van der Waals surface area contributed by atoms with Crippen LogP contribution in [-0.2, 0) is 4.65 Å². The maximum atomic E-state index is 9.62. The van der Waals surface area contributed by atoms with E-state index in [2.05, 4.69) is 16.2 Å². The van der Waals surface area contributed by atoms with Crippen molar-refractivity contribution < 1.29 is 4.65 Å². The lowest BCUT2D eigenvalue weighted by molar-refractivity contribution is 0.519. The quantitative estimate of drug-likeness (QED) is 0.495. The van der Waals surface area contributed by atoms with E-state index in [1.165, 1.54) is 0 Å². The van der Waals surface area contributed by atoms with Gasteiger partial charge >= 0.3 is 8.05 Å². The first-order valence-electron chi connectivity index (χ1n) is 6.90. The van der Waals surface area contributed by atoms with Gasteiger partial charge in [0.2, 0.25) is 11.6 Å². The van der Waals surface area contributed by atoms with Gasteiger partial charge in [0.1, 0.15) is 11.9 Å². The second kappa shape index (κ2) is 5.72. The highest BCUT2D eigenvalue weighted by Crippen LogP contribution is 2.24. The van der Waals surface area contributed by atoms with Crippen LogP contribution in [0.3, 0.4) is 0 Å². The third-order valence-corrected chi connectivity index (χ3v) is 4.00. The number of rotatable bonds is 3. The zero-order valence-electron chi connectivity index (χ0n) is 13.7. The van der Waals surface area contributed by atoms with Crippen LogP contribution < -0.4 is 0 Å². The van der Waals surface area contributed by atoms with E-state index in [4.69, 9.17) is 12.7 Å². The van der Waals surface area contributed by atoms with Crippen LogP contribution in [0, 0.1) is 52.9 Å².